The molecule has 1 aliphatic heterocycles. The van der Waals surface area contributed by atoms with Gasteiger partial charge in [-0.2, -0.15) is 0 Å². The zero-order chi connectivity index (χ0) is 25.4. The summed E-state index contributed by atoms with van der Waals surface area (Å²) >= 11 is 6.53. The molecule has 3 aromatic rings. The molecule has 1 saturated heterocycles. The summed E-state index contributed by atoms with van der Waals surface area (Å²) in [6, 6.07) is 16.4. The lowest BCUT2D eigenvalue weighted by molar-refractivity contribution is -0.143. The molecule has 192 valence electrons. The third kappa shape index (κ3) is 6.36. The number of halogens is 1. The predicted octanol–water partition coefficient (Wildman–Crippen LogP) is 5.83. The predicted molar refractivity (Wildman–Crippen MR) is 144 cm³/mol. The highest BCUT2D eigenvalue weighted by atomic mass is 35.5. The number of nitrogens with zero attached hydrogens (tertiary/aromatic N) is 2. The van der Waals surface area contributed by atoms with Crippen LogP contribution in [0.3, 0.4) is 0 Å². The van der Waals surface area contributed by atoms with Gasteiger partial charge in [-0.15, -0.1) is 0 Å². The normalized spacial score (nSPS) is 15.6. The van der Waals surface area contributed by atoms with Crippen molar-refractivity contribution in [3.8, 4) is 5.75 Å². The molecule has 1 amide bonds. The second-order valence-electron chi connectivity index (χ2n) is 9.83. The van der Waals surface area contributed by atoms with Crippen molar-refractivity contribution in [2.75, 3.05) is 26.7 Å². The number of piperidine rings is 1. The van der Waals surface area contributed by atoms with Crippen LogP contribution < -0.4 is 10.2 Å². The topological polar surface area (TPSA) is 74.7 Å². The van der Waals surface area contributed by atoms with Crippen molar-refractivity contribution in [1.29, 1.82) is 0 Å². The number of fused-ring (bicyclic) bond motifs is 1. The number of ether oxygens (including phenoxy) is 1. The Morgan fingerprint density at radius 2 is 1.89 bits per heavy atom. The van der Waals surface area contributed by atoms with Gasteiger partial charge in [0.25, 0.3) is 0 Å². The molecular formula is C29H36ClN3O3. The number of methoxy groups -OCH3 is 1. The fourth-order valence-electron chi connectivity index (χ4n) is 5.41. The third-order valence-electron chi connectivity index (χ3n) is 7.65. The smallest absolute Gasteiger partial charge is 0.249 e. The van der Waals surface area contributed by atoms with Crippen LogP contribution in [0.2, 0.25) is 5.02 Å². The zero-order valence-electron chi connectivity index (χ0n) is 21.0. The summed E-state index contributed by atoms with van der Waals surface area (Å²) < 4.78 is 5.39. The van der Waals surface area contributed by atoms with Gasteiger partial charge in [0.1, 0.15) is 5.75 Å². The molecule has 1 aromatic heterocycles. The van der Waals surface area contributed by atoms with E-state index in [4.69, 9.17) is 16.3 Å². The highest BCUT2D eigenvalue weighted by Crippen LogP contribution is 2.38. The Labute approximate surface area is 218 Å². The van der Waals surface area contributed by atoms with Gasteiger partial charge in [-0.1, -0.05) is 41.9 Å². The number of amides is 1. The number of hydrogen-bond donors (Lipinski definition) is 2. The first-order valence-corrected chi connectivity index (χ1v) is 13.2. The number of unbranched alkanes of at least 4 members (excludes halogenated alkanes) is 1. The first kappa shape index (κ1) is 26.4. The van der Waals surface area contributed by atoms with Crippen LogP contribution in [0.4, 0.5) is 0 Å². The van der Waals surface area contributed by atoms with E-state index in [-0.39, 0.29) is 5.91 Å². The number of carbonyl (C=O) groups excluding carboxylic acids is 1. The van der Waals surface area contributed by atoms with Gasteiger partial charge >= 0.3 is 0 Å². The van der Waals surface area contributed by atoms with Crippen molar-refractivity contribution in [3.05, 3.63) is 70.9 Å². The molecule has 2 N–H and O–H groups in total. The molecule has 0 bridgehead atoms. The zero-order valence-corrected chi connectivity index (χ0v) is 21.8. The minimum absolute atomic E-state index is 0.265. The summed E-state index contributed by atoms with van der Waals surface area (Å²) in [7, 11) is 1.64. The molecule has 6 nitrogen and oxygen atoms in total. The minimum atomic E-state index is -0.553. The molecular weight excluding hydrogens is 474 g/mol. The Morgan fingerprint density at radius 1 is 1.11 bits per heavy atom. The van der Waals surface area contributed by atoms with Crippen LogP contribution in [0.15, 0.2) is 54.7 Å². The second-order valence-corrected chi connectivity index (χ2v) is 10.2. The number of likely N-dealkylation sites (tertiary alicyclic amines) is 1. The summed E-state index contributed by atoms with van der Waals surface area (Å²) in [4.78, 5) is 19.7. The summed E-state index contributed by atoms with van der Waals surface area (Å²) in [6.07, 6.45) is 8.81. The van der Waals surface area contributed by atoms with Gasteiger partial charge in [-0.25, -0.2) is 5.48 Å². The van der Waals surface area contributed by atoms with Crippen LogP contribution >= 0.6 is 11.6 Å². The number of hydrogen-bond acceptors (Lipinski definition) is 5. The lowest BCUT2D eigenvalue weighted by Gasteiger charge is -2.40. The molecule has 0 atom stereocenters. The van der Waals surface area contributed by atoms with Gasteiger partial charge < -0.3 is 9.64 Å². The lowest BCUT2D eigenvalue weighted by atomic mass is 9.73. The Hall–Kier alpha value is -2.67. The SMILES string of the molecule is COc1ccc2ncc(Cl)c(CCCC3(C(=O)NO)CCN(CCCCc4ccccc4)CC3)c2c1. The van der Waals surface area contributed by atoms with E-state index in [2.05, 4.69) is 40.2 Å². The molecule has 0 saturated carbocycles. The first-order valence-electron chi connectivity index (χ1n) is 12.9. The van der Waals surface area contributed by atoms with Crippen LogP contribution in [-0.2, 0) is 17.6 Å². The summed E-state index contributed by atoms with van der Waals surface area (Å²) in [6.45, 7) is 2.79. The number of nitrogens with one attached hydrogen (secondary N) is 1. The number of rotatable bonds is 11. The number of hydroxylamine groups is 1. The van der Waals surface area contributed by atoms with Crippen LogP contribution in [0, 0.1) is 5.41 Å². The van der Waals surface area contributed by atoms with E-state index in [0.29, 0.717) is 11.4 Å². The summed E-state index contributed by atoms with van der Waals surface area (Å²) in [5, 5.41) is 11.1. The van der Waals surface area contributed by atoms with E-state index < -0.39 is 5.41 Å². The van der Waals surface area contributed by atoms with Gasteiger partial charge in [0.2, 0.25) is 5.91 Å². The summed E-state index contributed by atoms with van der Waals surface area (Å²) in [5.74, 6) is 0.499. The quantitative estimate of drug-likeness (QED) is 0.193. The maximum atomic E-state index is 12.8. The maximum Gasteiger partial charge on any atom is 0.249 e. The largest absolute Gasteiger partial charge is 0.497 e. The van der Waals surface area contributed by atoms with Crippen LogP contribution in [0.25, 0.3) is 10.9 Å². The molecule has 7 heteroatoms. The lowest BCUT2D eigenvalue weighted by Crippen LogP contribution is -2.48. The number of pyridine rings is 1. The molecule has 0 spiro atoms. The van der Waals surface area contributed by atoms with Gasteiger partial charge in [-0.3, -0.25) is 15.0 Å². The summed E-state index contributed by atoms with van der Waals surface area (Å²) in [5.41, 5.74) is 4.68. The van der Waals surface area contributed by atoms with Crippen molar-refractivity contribution in [2.24, 2.45) is 5.41 Å². The second kappa shape index (κ2) is 12.5. The van der Waals surface area contributed by atoms with Crippen LogP contribution in [-0.4, -0.2) is 47.7 Å². The van der Waals surface area contributed by atoms with E-state index in [0.717, 1.165) is 86.8 Å². The highest BCUT2D eigenvalue weighted by Gasteiger charge is 2.40. The highest BCUT2D eigenvalue weighted by molar-refractivity contribution is 6.32. The molecule has 0 unspecified atom stereocenters. The number of aromatic nitrogens is 1. The molecule has 2 heterocycles. The van der Waals surface area contributed by atoms with Crippen molar-refractivity contribution in [1.82, 2.24) is 15.4 Å². The Morgan fingerprint density at radius 3 is 2.61 bits per heavy atom. The average molecular weight is 510 g/mol. The monoisotopic (exact) mass is 509 g/mol. The van der Waals surface area contributed by atoms with Crippen LogP contribution in [0.1, 0.15) is 49.7 Å². The van der Waals surface area contributed by atoms with Crippen molar-refractivity contribution in [3.63, 3.8) is 0 Å². The molecule has 0 aliphatic carbocycles. The fourth-order valence-corrected chi connectivity index (χ4v) is 5.65. The number of benzene rings is 2. The Balaban J connectivity index is 1.32. The molecule has 0 radical (unpaired) electrons. The third-order valence-corrected chi connectivity index (χ3v) is 7.97. The van der Waals surface area contributed by atoms with Gasteiger partial charge in [-0.05, 0) is 100 Å². The average Bonchev–Trinajstić information content (AvgIpc) is 2.93. The van der Waals surface area contributed by atoms with Crippen LogP contribution in [0.5, 0.6) is 5.75 Å². The molecule has 36 heavy (non-hydrogen) atoms. The van der Waals surface area contributed by atoms with E-state index in [1.54, 1.807) is 13.3 Å². The Kier molecular flexibility index (Phi) is 9.19. The van der Waals surface area contributed by atoms with Gasteiger partial charge in [0.15, 0.2) is 0 Å². The van der Waals surface area contributed by atoms with E-state index in [1.165, 1.54) is 5.56 Å². The standard InChI is InChI=1S/C29H36ClN3O3/c1-36-23-12-13-27-25(20-23)24(26(30)21-31-27)11-7-14-29(28(34)32-35)15-18-33(19-16-29)17-6-5-10-22-8-3-2-4-9-22/h2-4,8-9,12-13,20-21,35H,5-7,10-11,14-19H2,1H3,(H,32,34). The Bertz CT molecular complexity index is 1150. The van der Waals surface area contributed by atoms with E-state index >= 15 is 0 Å². The van der Waals surface area contributed by atoms with Gasteiger partial charge in [0, 0.05) is 11.6 Å². The van der Waals surface area contributed by atoms with E-state index in [9.17, 15) is 10.0 Å². The van der Waals surface area contributed by atoms with Crippen molar-refractivity contribution in [2.45, 2.75) is 51.4 Å². The van der Waals surface area contributed by atoms with Crippen molar-refractivity contribution >= 4 is 28.4 Å². The first-order chi connectivity index (χ1) is 17.5. The molecule has 4 rings (SSSR count). The van der Waals surface area contributed by atoms with Gasteiger partial charge in [0.05, 0.1) is 23.1 Å². The maximum absolute atomic E-state index is 12.8. The number of aryl methyl sites for hydroxylation is 2. The molecule has 2 aromatic carbocycles. The van der Waals surface area contributed by atoms with Crippen molar-refractivity contribution < 1.29 is 14.7 Å². The molecule has 1 fully saturated rings. The fraction of sp³-hybridized carbons (Fsp3) is 0.448. The molecule has 1 aliphatic rings. The number of carbonyl (C=O) groups is 1. The minimum Gasteiger partial charge on any atom is -0.497 e. The van der Waals surface area contributed by atoms with E-state index in [1.807, 2.05) is 23.7 Å².